The molecule has 0 aliphatic heterocycles. The van der Waals surface area contributed by atoms with Crippen molar-refractivity contribution in [2.45, 2.75) is 59.5 Å². The van der Waals surface area contributed by atoms with Crippen LogP contribution >= 0.6 is 23.2 Å². The molecule has 0 aliphatic rings. The van der Waals surface area contributed by atoms with Crippen molar-refractivity contribution in [2.24, 2.45) is 5.92 Å². The molecule has 1 atom stereocenters. The normalized spacial score (nSPS) is 12.0. The van der Waals surface area contributed by atoms with Gasteiger partial charge in [0.05, 0.1) is 0 Å². The van der Waals surface area contributed by atoms with Crippen molar-refractivity contribution < 1.29 is 9.59 Å². The first-order chi connectivity index (χ1) is 14.7. The third kappa shape index (κ3) is 7.55. The number of benzene rings is 2. The summed E-state index contributed by atoms with van der Waals surface area (Å²) in [5, 5.41) is 3.94. The first kappa shape index (κ1) is 25.2. The summed E-state index contributed by atoms with van der Waals surface area (Å²) in [5.74, 6) is 0.0799. The van der Waals surface area contributed by atoms with Gasteiger partial charge in [0.2, 0.25) is 11.8 Å². The zero-order valence-corrected chi connectivity index (χ0v) is 20.3. The van der Waals surface area contributed by atoms with E-state index in [1.54, 1.807) is 23.1 Å². The van der Waals surface area contributed by atoms with Crippen LogP contribution < -0.4 is 5.32 Å². The quantitative estimate of drug-likeness (QED) is 0.483. The molecule has 0 heterocycles. The predicted octanol–water partition coefficient (Wildman–Crippen LogP) is 5.81. The Bertz CT molecular complexity index is 861. The number of halogens is 2. The second-order valence-corrected chi connectivity index (χ2v) is 9.08. The van der Waals surface area contributed by atoms with Crippen LogP contribution in [0, 0.1) is 12.8 Å². The number of hydrogen-bond acceptors (Lipinski definition) is 2. The smallest absolute Gasteiger partial charge is 0.242 e. The maximum atomic E-state index is 13.3. The fourth-order valence-corrected chi connectivity index (χ4v) is 3.86. The van der Waals surface area contributed by atoms with Crippen LogP contribution in [0.15, 0.2) is 42.5 Å². The highest BCUT2D eigenvalue weighted by atomic mass is 35.5. The lowest BCUT2D eigenvalue weighted by Gasteiger charge is -2.31. The fourth-order valence-electron chi connectivity index (χ4n) is 3.35. The maximum absolute atomic E-state index is 13.3. The van der Waals surface area contributed by atoms with E-state index < -0.39 is 6.04 Å². The highest BCUT2D eigenvalue weighted by molar-refractivity contribution is 6.36. The van der Waals surface area contributed by atoms with Gasteiger partial charge >= 0.3 is 0 Å². The Hall–Kier alpha value is -2.04. The summed E-state index contributed by atoms with van der Waals surface area (Å²) >= 11 is 12.7. The molecule has 31 heavy (non-hydrogen) atoms. The van der Waals surface area contributed by atoms with Crippen LogP contribution in [0.2, 0.25) is 10.0 Å². The van der Waals surface area contributed by atoms with Crippen LogP contribution in [0.1, 0.15) is 50.3 Å². The van der Waals surface area contributed by atoms with Crippen molar-refractivity contribution in [3.05, 3.63) is 69.2 Å². The number of aryl methyl sites for hydroxylation is 2. The molecule has 0 saturated carbocycles. The van der Waals surface area contributed by atoms with Crippen LogP contribution in [0.5, 0.6) is 0 Å². The second kappa shape index (κ2) is 12.1. The minimum Gasteiger partial charge on any atom is -0.354 e. The van der Waals surface area contributed by atoms with Crippen LogP contribution in [-0.4, -0.2) is 29.3 Å². The molecule has 0 saturated heterocycles. The van der Waals surface area contributed by atoms with Crippen LogP contribution in [0.3, 0.4) is 0 Å². The summed E-state index contributed by atoms with van der Waals surface area (Å²) in [4.78, 5) is 27.9. The number of hydrogen-bond donors (Lipinski definition) is 1. The average molecular weight is 463 g/mol. The molecule has 168 valence electrons. The molecule has 6 heteroatoms. The van der Waals surface area contributed by atoms with Crippen molar-refractivity contribution in [3.63, 3.8) is 0 Å². The topological polar surface area (TPSA) is 49.4 Å². The van der Waals surface area contributed by atoms with Crippen molar-refractivity contribution in [1.29, 1.82) is 0 Å². The summed E-state index contributed by atoms with van der Waals surface area (Å²) in [6.07, 6.45) is 1.41. The molecule has 0 spiro atoms. The molecule has 0 bridgehead atoms. The minimum absolute atomic E-state index is 0.0943. The van der Waals surface area contributed by atoms with Gasteiger partial charge in [-0.3, -0.25) is 9.59 Å². The Balaban J connectivity index is 2.25. The highest BCUT2D eigenvalue weighted by Gasteiger charge is 2.29. The Morgan fingerprint density at radius 3 is 2.19 bits per heavy atom. The minimum atomic E-state index is -0.586. The molecule has 0 fully saturated rings. The van der Waals surface area contributed by atoms with Gasteiger partial charge in [-0.05, 0) is 43.4 Å². The van der Waals surface area contributed by atoms with Gasteiger partial charge in [-0.15, -0.1) is 0 Å². The molecule has 2 amide bonds. The molecule has 2 aromatic rings. The van der Waals surface area contributed by atoms with Crippen molar-refractivity contribution in [3.8, 4) is 0 Å². The third-order valence-corrected chi connectivity index (χ3v) is 5.92. The van der Waals surface area contributed by atoms with Gasteiger partial charge in [-0.1, -0.05) is 79.9 Å². The van der Waals surface area contributed by atoms with E-state index in [9.17, 15) is 9.59 Å². The van der Waals surface area contributed by atoms with Crippen molar-refractivity contribution in [2.75, 3.05) is 6.54 Å². The Kier molecular flexibility index (Phi) is 9.86. The number of amides is 2. The molecule has 1 N–H and O–H groups in total. The van der Waals surface area contributed by atoms with Gasteiger partial charge in [0.25, 0.3) is 0 Å². The van der Waals surface area contributed by atoms with Crippen LogP contribution in [0.4, 0.5) is 0 Å². The molecule has 0 aromatic heterocycles. The average Bonchev–Trinajstić information content (AvgIpc) is 2.73. The van der Waals surface area contributed by atoms with E-state index in [-0.39, 0.29) is 18.4 Å². The predicted molar refractivity (Wildman–Crippen MR) is 128 cm³/mol. The number of nitrogens with zero attached hydrogens (tertiary/aromatic N) is 1. The molecule has 4 nitrogen and oxygen atoms in total. The van der Waals surface area contributed by atoms with Gasteiger partial charge in [0.1, 0.15) is 6.04 Å². The first-order valence-electron chi connectivity index (χ1n) is 10.8. The lowest BCUT2D eigenvalue weighted by molar-refractivity contribution is -0.141. The molecule has 0 unspecified atom stereocenters. The van der Waals surface area contributed by atoms with Gasteiger partial charge < -0.3 is 10.2 Å². The molecular formula is C25H32Cl2N2O2. The van der Waals surface area contributed by atoms with E-state index in [0.717, 1.165) is 5.56 Å². The van der Waals surface area contributed by atoms with E-state index in [4.69, 9.17) is 23.2 Å². The summed E-state index contributed by atoms with van der Waals surface area (Å²) in [6, 6.07) is 12.8. The number of rotatable bonds is 10. The lowest BCUT2D eigenvalue weighted by Crippen LogP contribution is -2.49. The largest absolute Gasteiger partial charge is 0.354 e. The summed E-state index contributed by atoms with van der Waals surface area (Å²) < 4.78 is 0. The Morgan fingerprint density at radius 1 is 1.03 bits per heavy atom. The van der Waals surface area contributed by atoms with Crippen molar-refractivity contribution >= 4 is 35.0 Å². The molecule has 2 aromatic carbocycles. The molecule has 0 aliphatic carbocycles. The fraction of sp³-hybridized carbons (Fsp3) is 0.440. The highest BCUT2D eigenvalue weighted by Crippen LogP contribution is 2.27. The summed E-state index contributed by atoms with van der Waals surface area (Å²) in [7, 11) is 0. The van der Waals surface area contributed by atoms with E-state index in [1.807, 2.05) is 52.0 Å². The number of carbonyl (C=O) groups is 2. The summed E-state index contributed by atoms with van der Waals surface area (Å²) in [5.41, 5.74) is 2.93. The van der Waals surface area contributed by atoms with E-state index in [0.29, 0.717) is 47.3 Å². The molecule has 0 radical (unpaired) electrons. The standard InChI is InChI=1S/C25H32Cl2N2O2/c1-5-23(25(31)28-15-17(2)3)29(16-20-21(26)7-6-8-22(20)27)24(30)14-13-19-11-9-18(4)10-12-19/h6-12,17,23H,5,13-16H2,1-4H3,(H,28,31)/t23-/m0/s1. The van der Waals surface area contributed by atoms with E-state index >= 15 is 0 Å². The van der Waals surface area contributed by atoms with Crippen LogP contribution in [0.25, 0.3) is 0 Å². The van der Waals surface area contributed by atoms with E-state index in [1.165, 1.54) is 5.56 Å². The van der Waals surface area contributed by atoms with Gasteiger partial charge in [-0.2, -0.15) is 0 Å². The van der Waals surface area contributed by atoms with Crippen molar-refractivity contribution in [1.82, 2.24) is 10.2 Å². The third-order valence-electron chi connectivity index (χ3n) is 5.21. The first-order valence-corrected chi connectivity index (χ1v) is 11.5. The Morgan fingerprint density at radius 2 is 1.65 bits per heavy atom. The van der Waals surface area contributed by atoms with E-state index in [2.05, 4.69) is 5.32 Å². The SMILES string of the molecule is CC[C@@H](C(=O)NCC(C)C)N(Cc1c(Cl)cccc1Cl)C(=O)CCc1ccc(C)cc1. The monoisotopic (exact) mass is 462 g/mol. The number of nitrogens with one attached hydrogen (secondary N) is 1. The zero-order chi connectivity index (χ0) is 23.0. The van der Waals surface area contributed by atoms with Gasteiger partial charge in [0.15, 0.2) is 0 Å². The van der Waals surface area contributed by atoms with Gasteiger partial charge in [0, 0.05) is 35.1 Å². The van der Waals surface area contributed by atoms with Gasteiger partial charge in [-0.25, -0.2) is 0 Å². The maximum Gasteiger partial charge on any atom is 0.242 e. The molecular weight excluding hydrogens is 431 g/mol. The van der Waals surface area contributed by atoms with Crippen LogP contribution in [-0.2, 0) is 22.6 Å². The second-order valence-electron chi connectivity index (χ2n) is 8.27. The summed E-state index contributed by atoms with van der Waals surface area (Å²) in [6.45, 7) is 8.77. The Labute approximate surface area is 195 Å². The molecule has 2 rings (SSSR count). The zero-order valence-electron chi connectivity index (χ0n) is 18.8. The number of carbonyl (C=O) groups excluding carboxylic acids is 2. The lowest BCUT2D eigenvalue weighted by atomic mass is 10.0.